The molecule has 1 N–H and O–H groups in total. The zero-order valence-electron chi connectivity index (χ0n) is 18.6. The Bertz CT molecular complexity index is 1040. The van der Waals surface area contributed by atoms with Crippen LogP contribution in [-0.2, 0) is 16.8 Å². The van der Waals surface area contributed by atoms with Gasteiger partial charge in [0.15, 0.2) is 0 Å². The van der Waals surface area contributed by atoms with Crippen molar-refractivity contribution in [2.75, 3.05) is 7.11 Å². The monoisotopic (exact) mass is 418 g/mol. The molecule has 0 aliphatic carbocycles. The Hall–Kier alpha value is -3.27. The molecule has 0 atom stereocenters. The minimum atomic E-state index is -0.423. The first-order chi connectivity index (χ1) is 14.9. The second-order valence-corrected chi connectivity index (χ2v) is 7.77. The van der Waals surface area contributed by atoms with Crippen LogP contribution >= 0.6 is 0 Å². The number of carbonyl (C=O) groups is 1. The number of rotatable bonds is 8. The predicted molar refractivity (Wildman–Crippen MR) is 123 cm³/mol. The first kappa shape index (κ1) is 22.4. The van der Waals surface area contributed by atoms with Crippen molar-refractivity contribution in [1.29, 1.82) is 0 Å². The Morgan fingerprint density at radius 3 is 2.19 bits per heavy atom. The second kappa shape index (κ2) is 9.69. The van der Waals surface area contributed by atoms with Crippen LogP contribution in [-0.4, -0.2) is 18.2 Å². The van der Waals surface area contributed by atoms with E-state index in [9.17, 15) is 9.90 Å². The van der Waals surface area contributed by atoms with E-state index in [2.05, 4.69) is 13.8 Å². The summed E-state index contributed by atoms with van der Waals surface area (Å²) in [5.41, 5.74) is 4.12. The van der Waals surface area contributed by atoms with Crippen molar-refractivity contribution in [1.82, 2.24) is 0 Å². The summed E-state index contributed by atoms with van der Waals surface area (Å²) < 4.78 is 11.0. The van der Waals surface area contributed by atoms with Gasteiger partial charge in [-0.05, 0) is 60.2 Å². The van der Waals surface area contributed by atoms with Crippen molar-refractivity contribution >= 4 is 5.97 Å². The van der Waals surface area contributed by atoms with E-state index in [4.69, 9.17) is 9.47 Å². The number of phenols is 1. The summed E-state index contributed by atoms with van der Waals surface area (Å²) in [4.78, 5) is 12.6. The van der Waals surface area contributed by atoms with Gasteiger partial charge in [-0.1, -0.05) is 62.4 Å². The van der Waals surface area contributed by atoms with E-state index in [1.807, 2.05) is 67.6 Å². The summed E-state index contributed by atoms with van der Waals surface area (Å²) in [5.74, 6) is 0.361. The largest absolute Gasteiger partial charge is 0.508 e. The molecule has 0 fully saturated rings. The molecular weight excluding hydrogens is 388 g/mol. The molecule has 0 spiro atoms. The number of hydrogen-bond donors (Lipinski definition) is 1. The van der Waals surface area contributed by atoms with Gasteiger partial charge in [-0.2, -0.15) is 0 Å². The third-order valence-electron chi connectivity index (χ3n) is 6.13. The Kier molecular flexibility index (Phi) is 7.01. The Morgan fingerprint density at radius 2 is 1.58 bits per heavy atom. The lowest BCUT2D eigenvalue weighted by Gasteiger charge is -2.34. The van der Waals surface area contributed by atoms with Crippen LogP contribution < -0.4 is 4.74 Å². The van der Waals surface area contributed by atoms with Gasteiger partial charge in [0.25, 0.3) is 0 Å². The molecule has 0 saturated carbocycles. The quantitative estimate of drug-likeness (QED) is 0.444. The van der Waals surface area contributed by atoms with Crippen molar-refractivity contribution in [2.45, 2.75) is 45.6 Å². The fourth-order valence-electron chi connectivity index (χ4n) is 4.14. The smallest absolute Gasteiger partial charge is 0.341 e. The Labute approximate surface area is 184 Å². The van der Waals surface area contributed by atoms with E-state index in [1.165, 1.54) is 7.11 Å². The molecule has 0 heterocycles. The lowest BCUT2D eigenvalue weighted by molar-refractivity contribution is 0.0595. The van der Waals surface area contributed by atoms with E-state index < -0.39 is 5.97 Å². The highest BCUT2D eigenvalue weighted by atomic mass is 16.5. The molecule has 0 amide bonds. The maximum absolute atomic E-state index is 12.6. The molecule has 0 aliphatic heterocycles. The molecule has 3 rings (SSSR count). The van der Waals surface area contributed by atoms with Crippen LogP contribution in [0, 0.1) is 6.92 Å². The van der Waals surface area contributed by atoms with Crippen molar-refractivity contribution in [3.63, 3.8) is 0 Å². The number of methoxy groups -OCH3 is 1. The van der Waals surface area contributed by atoms with Crippen LogP contribution in [0.25, 0.3) is 0 Å². The number of hydrogen-bond acceptors (Lipinski definition) is 4. The predicted octanol–water partition coefficient (Wildman–Crippen LogP) is 6.17. The average Bonchev–Trinajstić information content (AvgIpc) is 2.81. The molecule has 4 nitrogen and oxygen atoms in total. The first-order valence-electron chi connectivity index (χ1n) is 10.6. The van der Waals surface area contributed by atoms with Gasteiger partial charge in [0.1, 0.15) is 23.7 Å². The van der Waals surface area contributed by atoms with Crippen LogP contribution in [0.2, 0.25) is 0 Å². The zero-order chi connectivity index (χ0) is 22.4. The van der Waals surface area contributed by atoms with E-state index >= 15 is 0 Å². The van der Waals surface area contributed by atoms with Gasteiger partial charge in [0.2, 0.25) is 0 Å². The minimum absolute atomic E-state index is 0.282. The van der Waals surface area contributed by atoms with Crippen LogP contribution in [0.1, 0.15) is 59.3 Å². The highest BCUT2D eigenvalue weighted by Crippen LogP contribution is 2.41. The highest BCUT2D eigenvalue weighted by Gasteiger charge is 2.32. The normalized spacial score (nSPS) is 11.2. The summed E-state index contributed by atoms with van der Waals surface area (Å²) in [7, 11) is 1.38. The summed E-state index contributed by atoms with van der Waals surface area (Å²) in [6.45, 7) is 6.55. The molecule has 0 aromatic heterocycles. The number of phenolic OH excluding ortho intramolecular Hbond substituents is 1. The summed E-state index contributed by atoms with van der Waals surface area (Å²) in [5, 5.41) is 9.99. The zero-order valence-corrected chi connectivity index (χ0v) is 18.6. The average molecular weight is 419 g/mol. The second-order valence-electron chi connectivity index (χ2n) is 7.77. The molecule has 0 unspecified atom stereocenters. The number of aryl methyl sites for hydroxylation is 1. The molecule has 0 bridgehead atoms. The van der Waals surface area contributed by atoms with Gasteiger partial charge in [-0.15, -0.1) is 0 Å². The van der Waals surface area contributed by atoms with Gasteiger partial charge in [-0.25, -0.2) is 4.79 Å². The van der Waals surface area contributed by atoms with Crippen molar-refractivity contribution < 1.29 is 19.4 Å². The SMILES string of the molecule is CCC(CC)(c1ccc(O)c(C)c1)c1ccc(OCc2ccccc2)c(C(=O)OC)c1. The van der Waals surface area contributed by atoms with Gasteiger partial charge in [0, 0.05) is 5.41 Å². The molecule has 0 aliphatic rings. The van der Waals surface area contributed by atoms with Crippen LogP contribution in [0.5, 0.6) is 11.5 Å². The molecule has 4 heteroatoms. The summed E-state index contributed by atoms with van der Waals surface area (Å²) in [6.07, 6.45) is 1.69. The lowest BCUT2D eigenvalue weighted by Crippen LogP contribution is -2.26. The fraction of sp³-hybridized carbons (Fsp3) is 0.296. The molecular formula is C27H30O4. The lowest BCUT2D eigenvalue weighted by atomic mass is 9.70. The standard InChI is InChI=1S/C27H30O4/c1-5-27(6-2,21-12-14-24(28)19(3)16-21)22-13-15-25(23(17-22)26(29)30-4)31-18-20-10-8-7-9-11-20/h7-17,28H,5-6,18H2,1-4H3. The van der Waals surface area contributed by atoms with Crippen molar-refractivity contribution in [3.05, 3.63) is 94.5 Å². The number of ether oxygens (including phenoxy) is 2. The minimum Gasteiger partial charge on any atom is -0.508 e. The molecule has 3 aromatic carbocycles. The fourth-order valence-corrected chi connectivity index (χ4v) is 4.14. The number of benzene rings is 3. The van der Waals surface area contributed by atoms with Crippen LogP contribution in [0.4, 0.5) is 0 Å². The van der Waals surface area contributed by atoms with Gasteiger partial charge < -0.3 is 14.6 Å². The first-order valence-corrected chi connectivity index (χ1v) is 10.6. The molecule has 3 aromatic rings. The topological polar surface area (TPSA) is 55.8 Å². The van der Waals surface area contributed by atoms with E-state index in [-0.39, 0.29) is 11.2 Å². The maximum Gasteiger partial charge on any atom is 0.341 e. The van der Waals surface area contributed by atoms with E-state index in [1.54, 1.807) is 6.07 Å². The van der Waals surface area contributed by atoms with E-state index in [0.717, 1.165) is 35.1 Å². The number of aromatic hydroxyl groups is 1. The Morgan fingerprint density at radius 1 is 0.935 bits per heavy atom. The molecule has 31 heavy (non-hydrogen) atoms. The maximum atomic E-state index is 12.6. The highest BCUT2D eigenvalue weighted by molar-refractivity contribution is 5.92. The van der Waals surface area contributed by atoms with Crippen molar-refractivity contribution in [3.8, 4) is 11.5 Å². The van der Waals surface area contributed by atoms with Gasteiger partial charge >= 0.3 is 5.97 Å². The number of esters is 1. The molecule has 0 radical (unpaired) electrons. The van der Waals surface area contributed by atoms with Gasteiger partial charge in [-0.3, -0.25) is 0 Å². The van der Waals surface area contributed by atoms with Crippen LogP contribution in [0.3, 0.4) is 0 Å². The van der Waals surface area contributed by atoms with Crippen molar-refractivity contribution in [2.24, 2.45) is 0 Å². The van der Waals surface area contributed by atoms with Crippen LogP contribution in [0.15, 0.2) is 66.7 Å². The van der Waals surface area contributed by atoms with Gasteiger partial charge in [0.05, 0.1) is 7.11 Å². The molecule has 0 saturated heterocycles. The molecule has 162 valence electrons. The Balaban J connectivity index is 2.04. The third-order valence-corrected chi connectivity index (χ3v) is 6.13. The summed E-state index contributed by atoms with van der Waals surface area (Å²) >= 11 is 0. The van der Waals surface area contributed by atoms with E-state index in [0.29, 0.717) is 17.9 Å². The third kappa shape index (κ3) is 4.58. The summed E-state index contributed by atoms with van der Waals surface area (Å²) in [6, 6.07) is 21.4. The number of carbonyl (C=O) groups excluding carboxylic acids is 1.